The van der Waals surface area contributed by atoms with Gasteiger partial charge in [0.2, 0.25) is 0 Å². The Kier molecular flexibility index (Phi) is 53.2. The number of allylic oxidation sites excluding steroid dienone is 8. The second-order valence-electron chi connectivity index (χ2n) is 5.98. The molecule has 0 rings (SSSR count). The summed E-state index contributed by atoms with van der Waals surface area (Å²) in [6.45, 7) is 30.1. The molecule has 1 N–H and O–H groups in total. The molecule has 0 radical (unpaired) electrons. The van der Waals surface area contributed by atoms with Crippen LogP contribution >= 0.6 is 0 Å². The van der Waals surface area contributed by atoms with Crippen molar-refractivity contribution in [3.63, 3.8) is 0 Å². The molecule has 0 amide bonds. The summed E-state index contributed by atoms with van der Waals surface area (Å²) in [4.78, 5) is 0. The van der Waals surface area contributed by atoms with Crippen LogP contribution in [0.15, 0.2) is 74.2 Å². The number of rotatable bonds is 8. The molecule has 0 unspecified atom stereocenters. The second-order valence-corrected chi connectivity index (χ2v) is 5.98. The highest BCUT2D eigenvalue weighted by Gasteiger charge is 1.88. The fourth-order valence-electron chi connectivity index (χ4n) is 1.19. The first-order valence-corrected chi connectivity index (χ1v) is 10.4. The molecule has 2 heteroatoms. The molecule has 0 aromatic rings. The van der Waals surface area contributed by atoms with Gasteiger partial charge in [0.1, 0.15) is 0 Å². The number of hydrogen-bond acceptors (Lipinski definition) is 1. The Hall–Kier alpha value is -1.67. The van der Waals surface area contributed by atoms with Crippen LogP contribution in [0.2, 0.25) is 0 Å². The molecule has 166 valence electrons. The number of hydrogen-bond donors (Lipinski definition) is 1. The van der Waals surface area contributed by atoms with Crippen LogP contribution in [0.1, 0.15) is 68.7 Å². The fraction of sp³-hybridized carbons (Fsp3) is 0.538. The van der Waals surface area contributed by atoms with E-state index in [9.17, 15) is 4.39 Å². The van der Waals surface area contributed by atoms with Gasteiger partial charge in [0.25, 0.3) is 0 Å². The molecule has 0 aliphatic carbocycles. The molecule has 0 fully saturated rings. The first-order chi connectivity index (χ1) is 13.3. The van der Waals surface area contributed by atoms with Crippen LogP contribution in [-0.2, 0) is 0 Å². The maximum absolute atomic E-state index is 12.1. The summed E-state index contributed by atoms with van der Waals surface area (Å²) >= 11 is 0. The monoisotopic (exact) mass is 395 g/mol. The maximum atomic E-state index is 12.1. The smallest absolute Gasteiger partial charge is 0.0996 e. The lowest BCUT2D eigenvalue weighted by atomic mass is 10.2. The zero-order valence-corrected chi connectivity index (χ0v) is 20.4. The van der Waals surface area contributed by atoms with Gasteiger partial charge in [-0.3, -0.25) is 0 Å². The van der Waals surface area contributed by atoms with Crippen LogP contribution < -0.4 is 5.32 Å². The molecule has 0 aromatic carbocycles. The number of halogens is 1. The summed E-state index contributed by atoms with van der Waals surface area (Å²) in [6.07, 6.45) is 15.5. The molecule has 0 aliphatic rings. The van der Waals surface area contributed by atoms with Crippen LogP contribution in [0.25, 0.3) is 0 Å². The Morgan fingerprint density at radius 3 is 1.82 bits per heavy atom. The van der Waals surface area contributed by atoms with Crippen LogP contribution in [0, 0.1) is 11.8 Å². The molecule has 0 saturated heterocycles. The van der Waals surface area contributed by atoms with Gasteiger partial charge in [-0.1, -0.05) is 97.6 Å². The van der Waals surface area contributed by atoms with Crippen molar-refractivity contribution in [2.24, 2.45) is 11.8 Å². The van der Waals surface area contributed by atoms with Gasteiger partial charge >= 0.3 is 0 Å². The highest BCUT2D eigenvalue weighted by Crippen LogP contribution is 2.00. The normalized spacial score (nSPS) is 10.5. The van der Waals surface area contributed by atoms with E-state index >= 15 is 0 Å². The zero-order chi connectivity index (χ0) is 23.2. The molecule has 1 nitrogen and oxygen atoms in total. The largest absolute Gasteiger partial charge is 0.313 e. The quantitative estimate of drug-likeness (QED) is 0.246. The number of nitrogens with one attached hydrogen (secondary N) is 1. The van der Waals surface area contributed by atoms with E-state index in [0.29, 0.717) is 12.3 Å². The van der Waals surface area contributed by atoms with E-state index in [1.807, 2.05) is 33.8 Å². The Morgan fingerprint density at radius 2 is 1.54 bits per heavy atom. The van der Waals surface area contributed by atoms with Crippen molar-refractivity contribution in [2.75, 3.05) is 13.1 Å². The van der Waals surface area contributed by atoms with Gasteiger partial charge in [0.05, 0.1) is 5.83 Å². The minimum absolute atomic E-state index is 0.0666. The van der Waals surface area contributed by atoms with E-state index in [0.717, 1.165) is 19.0 Å². The van der Waals surface area contributed by atoms with E-state index in [1.54, 1.807) is 25.2 Å². The van der Waals surface area contributed by atoms with Crippen LogP contribution in [-0.4, -0.2) is 13.1 Å². The standard InChI is InChI=1S/C8H17N.C7H11F.C7H12.C2H6.C2H4/c1-4-5-6-9-7-8(2)3;1-3-5-6-7(8)4-2;1-4-5-6-7(2)3;2*1-2/h4-5,8-9H,6-7H2,1-3H3;3,5-6H,4H2,1-2H3;4-7H,1H2,2-3H3;1-2H3;1-2H2/b5-4-;5-3-,7-6+;6-5+;;. The maximum Gasteiger partial charge on any atom is 0.0996 e. The topological polar surface area (TPSA) is 12.0 Å². The van der Waals surface area contributed by atoms with Crippen molar-refractivity contribution < 1.29 is 4.39 Å². The molecule has 0 spiro atoms. The predicted octanol–water partition coefficient (Wildman–Crippen LogP) is 8.85. The molecule has 0 heterocycles. The lowest BCUT2D eigenvalue weighted by molar-refractivity contribution is 0.577. The summed E-state index contributed by atoms with van der Waals surface area (Å²) in [5.74, 6) is 1.34. The Labute approximate surface area is 177 Å². The van der Waals surface area contributed by atoms with E-state index in [-0.39, 0.29) is 5.83 Å². The third-order valence-electron chi connectivity index (χ3n) is 2.49. The lowest BCUT2D eigenvalue weighted by Gasteiger charge is -2.02. The van der Waals surface area contributed by atoms with Crippen molar-refractivity contribution in [2.45, 2.75) is 68.7 Å². The van der Waals surface area contributed by atoms with Gasteiger partial charge in [-0.2, -0.15) is 0 Å². The van der Waals surface area contributed by atoms with Gasteiger partial charge in [-0.05, 0) is 44.7 Å². The molecular weight excluding hydrogens is 345 g/mol. The van der Waals surface area contributed by atoms with E-state index in [2.05, 4.69) is 71.0 Å². The SMILES string of the molecule is C/C=C\C=C(\F)CC.C/C=C\CNCC(C)C.C=C.C=C/C=C/C(C)C.CC. The Morgan fingerprint density at radius 1 is 1.00 bits per heavy atom. The van der Waals surface area contributed by atoms with Crippen molar-refractivity contribution in [3.05, 3.63) is 74.2 Å². The highest BCUT2D eigenvalue weighted by atomic mass is 19.1. The van der Waals surface area contributed by atoms with E-state index in [4.69, 9.17) is 0 Å². The zero-order valence-electron chi connectivity index (χ0n) is 20.4. The Balaban J connectivity index is -0.0000000869. The van der Waals surface area contributed by atoms with Gasteiger partial charge in [0, 0.05) is 6.54 Å². The molecule has 0 aromatic heterocycles. The van der Waals surface area contributed by atoms with Crippen molar-refractivity contribution in [1.29, 1.82) is 0 Å². The van der Waals surface area contributed by atoms with Crippen LogP contribution in [0.3, 0.4) is 0 Å². The predicted molar refractivity (Wildman–Crippen MR) is 134 cm³/mol. The fourth-order valence-corrected chi connectivity index (χ4v) is 1.19. The first-order valence-electron chi connectivity index (χ1n) is 10.4. The van der Waals surface area contributed by atoms with Crippen molar-refractivity contribution in [1.82, 2.24) is 5.32 Å². The van der Waals surface area contributed by atoms with Crippen molar-refractivity contribution >= 4 is 0 Å². The minimum atomic E-state index is -0.0666. The summed E-state index contributed by atoms with van der Waals surface area (Å²) in [5.41, 5.74) is 0. The summed E-state index contributed by atoms with van der Waals surface area (Å²) in [5, 5.41) is 3.30. The van der Waals surface area contributed by atoms with Gasteiger partial charge in [0.15, 0.2) is 0 Å². The van der Waals surface area contributed by atoms with Crippen LogP contribution in [0.5, 0.6) is 0 Å². The van der Waals surface area contributed by atoms with Gasteiger partial charge in [-0.25, -0.2) is 4.39 Å². The van der Waals surface area contributed by atoms with Gasteiger partial charge < -0.3 is 5.32 Å². The average molecular weight is 396 g/mol. The average Bonchev–Trinajstić information content (AvgIpc) is 2.71. The minimum Gasteiger partial charge on any atom is -0.313 e. The summed E-state index contributed by atoms with van der Waals surface area (Å²) in [6, 6.07) is 0. The van der Waals surface area contributed by atoms with Crippen LogP contribution in [0.4, 0.5) is 4.39 Å². The van der Waals surface area contributed by atoms with E-state index in [1.165, 1.54) is 6.08 Å². The summed E-state index contributed by atoms with van der Waals surface area (Å²) in [7, 11) is 0. The third kappa shape index (κ3) is 64.5. The highest BCUT2D eigenvalue weighted by molar-refractivity contribution is 5.05. The molecular formula is C26H50FN. The van der Waals surface area contributed by atoms with Crippen molar-refractivity contribution in [3.8, 4) is 0 Å². The Bertz CT molecular complexity index is 374. The molecule has 0 atom stereocenters. The lowest BCUT2D eigenvalue weighted by Crippen LogP contribution is -2.19. The molecule has 0 saturated carbocycles. The summed E-state index contributed by atoms with van der Waals surface area (Å²) < 4.78 is 12.1. The molecule has 0 bridgehead atoms. The third-order valence-corrected chi connectivity index (χ3v) is 2.49. The molecule has 28 heavy (non-hydrogen) atoms. The van der Waals surface area contributed by atoms with E-state index < -0.39 is 0 Å². The first kappa shape index (κ1) is 37.1. The van der Waals surface area contributed by atoms with Gasteiger partial charge in [-0.15, -0.1) is 13.2 Å². The second kappa shape index (κ2) is 40.1. The molecule has 0 aliphatic heterocycles.